The van der Waals surface area contributed by atoms with E-state index < -0.39 is 12.0 Å². The van der Waals surface area contributed by atoms with Gasteiger partial charge >= 0.3 is 5.97 Å². The fourth-order valence-corrected chi connectivity index (χ4v) is 1.67. The zero-order valence-corrected chi connectivity index (χ0v) is 7.78. The van der Waals surface area contributed by atoms with Crippen LogP contribution in [0.25, 0.3) is 0 Å². The lowest BCUT2D eigenvalue weighted by molar-refractivity contribution is -0.137. The number of ether oxygens (including phenoxy) is 1. The lowest BCUT2D eigenvalue weighted by atomic mass is 10.1. The molecule has 2 rings (SSSR count). The molecule has 0 saturated carbocycles. The first kappa shape index (κ1) is 8.87. The molecule has 0 aliphatic carbocycles. The van der Waals surface area contributed by atoms with Crippen LogP contribution in [-0.2, 0) is 11.2 Å². The second-order valence-corrected chi connectivity index (χ2v) is 3.23. The van der Waals surface area contributed by atoms with Gasteiger partial charge in [0.2, 0.25) is 0 Å². The van der Waals surface area contributed by atoms with Crippen molar-refractivity contribution in [1.82, 2.24) is 0 Å². The molecule has 74 valence electrons. The summed E-state index contributed by atoms with van der Waals surface area (Å²) in [6, 6.07) is 5.06. The number of anilines is 1. The minimum absolute atomic E-state index is 0.516. The highest BCUT2D eigenvalue weighted by atomic mass is 16.5. The molecule has 2 N–H and O–H groups in total. The Morgan fingerprint density at radius 2 is 2.43 bits per heavy atom. The van der Waals surface area contributed by atoms with Crippen molar-refractivity contribution in [3.63, 3.8) is 0 Å². The molecule has 0 aromatic heterocycles. The molecule has 0 fully saturated rings. The average molecular weight is 193 g/mol. The zero-order chi connectivity index (χ0) is 10.1. The molecule has 0 radical (unpaired) electrons. The van der Waals surface area contributed by atoms with Crippen LogP contribution in [0.2, 0.25) is 0 Å². The lowest BCUT2D eigenvalue weighted by Gasteiger charge is -2.08. The SMILES string of the molecule is COc1cccc2c1NC(C(=O)O)C2. The summed E-state index contributed by atoms with van der Waals surface area (Å²) in [7, 11) is 1.57. The van der Waals surface area contributed by atoms with Crippen LogP contribution in [0, 0.1) is 0 Å². The minimum Gasteiger partial charge on any atom is -0.495 e. The van der Waals surface area contributed by atoms with Gasteiger partial charge in [0.15, 0.2) is 0 Å². The molecular weight excluding hydrogens is 182 g/mol. The number of para-hydroxylation sites is 1. The fourth-order valence-electron chi connectivity index (χ4n) is 1.67. The molecule has 1 aromatic rings. The molecule has 0 bridgehead atoms. The van der Waals surface area contributed by atoms with Crippen molar-refractivity contribution in [2.75, 3.05) is 12.4 Å². The number of fused-ring (bicyclic) bond motifs is 1. The zero-order valence-electron chi connectivity index (χ0n) is 7.78. The Morgan fingerprint density at radius 1 is 1.64 bits per heavy atom. The summed E-state index contributed by atoms with van der Waals surface area (Å²) in [4.78, 5) is 10.8. The van der Waals surface area contributed by atoms with Gasteiger partial charge in [0.25, 0.3) is 0 Å². The lowest BCUT2D eigenvalue weighted by Crippen LogP contribution is -2.26. The fraction of sp³-hybridized carbons (Fsp3) is 0.300. The molecule has 4 nitrogen and oxygen atoms in total. The maximum absolute atomic E-state index is 10.8. The predicted octanol–water partition coefficient (Wildman–Crippen LogP) is 1.12. The van der Waals surface area contributed by atoms with Gasteiger partial charge in [-0.25, -0.2) is 4.79 Å². The topological polar surface area (TPSA) is 58.6 Å². The summed E-state index contributed by atoms with van der Waals surface area (Å²) in [5.74, 6) is -0.130. The second-order valence-electron chi connectivity index (χ2n) is 3.23. The third-order valence-electron chi connectivity index (χ3n) is 2.37. The van der Waals surface area contributed by atoms with Gasteiger partial charge in [-0.1, -0.05) is 12.1 Å². The number of hydrogen-bond acceptors (Lipinski definition) is 3. The van der Waals surface area contributed by atoms with E-state index in [1.807, 2.05) is 18.2 Å². The average Bonchev–Trinajstić information content (AvgIpc) is 2.60. The van der Waals surface area contributed by atoms with E-state index in [0.29, 0.717) is 12.2 Å². The van der Waals surface area contributed by atoms with Gasteiger partial charge in [0, 0.05) is 6.42 Å². The molecule has 14 heavy (non-hydrogen) atoms. The molecule has 1 heterocycles. The maximum Gasteiger partial charge on any atom is 0.326 e. The van der Waals surface area contributed by atoms with Crippen LogP contribution in [0.4, 0.5) is 5.69 Å². The summed E-state index contributed by atoms with van der Waals surface area (Å²) in [5.41, 5.74) is 1.80. The van der Waals surface area contributed by atoms with Crippen molar-refractivity contribution in [1.29, 1.82) is 0 Å². The quantitative estimate of drug-likeness (QED) is 0.738. The first-order valence-electron chi connectivity index (χ1n) is 4.37. The van der Waals surface area contributed by atoms with Gasteiger partial charge in [-0.2, -0.15) is 0 Å². The molecule has 4 heteroatoms. The van der Waals surface area contributed by atoms with Crippen molar-refractivity contribution in [2.24, 2.45) is 0 Å². The minimum atomic E-state index is -0.830. The second kappa shape index (κ2) is 3.21. The first-order chi connectivity index (χ1) is 6.72. The monoisotopic (exact) mass is 193 g/mol. The van der Waals surface area contributed by atoms with Crippen molar-refractivity contribution in [3.05, 3.63) is 23.8 Å². The van der Waals surface area contributed by atoms with Crippen molar-refractivity contribution in [3.8, 4) is 5.75 Å². The number of hydrogen-bond donors (Lipinski definition) is 2. The molecule has 1 aliphatic heterocycles. The number of rotatable bonds is 2. The number of nitrogens with one attached hydrogen (secondary N) is 1. The summed E-state index contributed by atoms with van der Waals surface area (Å²) in [6.45, 7) is 0. The summed E-state index contributed by atoms with van der Waals surface area (Å²) < 4.78 is 5.13. The number of carbonyl (C=O) groups is 1. The number of methoxy groups -OCH3 is 1. The highest BCUT2D eigenvalue weighted by Gasteiger charge is 2.28. The van der Waals surface area contributed by atoms with Gasteiger partial charge in [0.1, 0.15) is 11.8 Å². The molecule has 0 saturated heterocycles. The van der Waals surface area contributed by atoms with Gasteiger partial charge in [0.05, 0.1) is 12.8 Å². The van der Waals surface area contributed by atoms with Crippen molar-refractivity contribution < 1.29 is 14.6 Å². The molecule has 1 aromatic carbocycles. The Bertz CT molecular complexity index is 376. The van der Waals surface area contributed by atoms with E-state index in [9.17, 15) is 4.79 Å². The van der Waals surface area contributed by atoms with E-state index in [4.69, 9.17) is 9.84 Å². The van der Waals surface area contributed by atoms with Crippen molar-refractivity contribution >= 4 is 11.7 Å². The highest BCUT2D eigenvalue weighted by Crippen LogP contribution is 2.34. The standard InChI is InChI=1S/C10H11NO3/c1-14-8-4-2-3-6-5-7(10(12)13)11-9(6)8/h2-4,7,11H,5H2,1H3,(H,12,13). The van der Waals surface area contributed by atoms with Crippen LogP contribution in [0.5, 0.6) is 5.75 Å². The van der Waals surface area contributed by atoms with E-state index >= 15 is 0 Å². The first-order valence-corrected chi connectivity index (χ1v) is 4.37. The van der Waals surface area contributed by atoms with Crippen molar-refractivity contribution in [2.45, 2.75) is 12.5 Å². The number of aliphatic carboxylic acids is 1. The predicted molar refractivity (Wildman–Crippen MR) is 51.7 cm³/mol. The highest BCUT2D eigenvalue weighted by molar-refractivity contribution is 5.83. The summed E-state index contributed by atoms with van der Waals surface area (Å²) >= 11 is 0. The van der Waals surface area contributed by atoms with E-state index in [1.54, 1.807) is 7.11 Å². The van der Waals surface area contributed by atoms with Crippen LogP contribution in [0.3, 0.4) is 0 Å². The number of carboxylic acid groups (broad SMARTS) is 1. The van der Waals surface area contributed by atoms with Crippen LogP contribution in [0.1, 0.15) is 5.56 Å². The smallest absolute Gasteiger partial charge is 0.326 e. The van der Waals surface area contributed by atoms with Crippen LogP contribution < -0.4 is 10.1 Å². The van der Waals surface area contributed by atoms with Gasteiger partial charge < -0.3 is 15.2 Å². The summed E-state index contributed by atoms with van der Waals surface area (Å²) in [5, 5.41) is 11.8. The Balaban J connectivity index is 2.34. The van der Waals surface area contributed by atoms with E-state index in [0.717, 1.165) is 11.3 Å². The maximum atomic E-state index is 10.8. The van der Waals surface area contributed by atoms with Gasteiger partial charge in [-0.15, -0.1) is 0 Å². The van der Waals surface area contributed by atoms with E-state index in [2.05, 4.69) is 5.32 Å². The van der Waals surface area contributed by atoms with E-state index in [1.165, 1.54) is 0 Å². The molecule has 1 unspecified atom stereocenters. The molecular formula is C10H11NO3. The normalized spacial score (nSPS) is 18.5. The molecule has 0 spiro atoms. The van der Waals surface area contributed by atoms with Gasteiger partial charge in [-0.3, -0.25) is 0 Å². The van der Waals surface area contributed by atoms with Crippen LogP contribution >= 0.6 is 0 Å². The summed E-state index contributed by atoms with van der Waals surface area (Å²) in [6.07, 6.45) is 0.516. The Kier molecular flexibility index (Phi) is 2.04. The Hall–Kier alpha value is -1.71. The number of carboxylic acids is 1. The Morgan fingerprint density at radius 3 is 3.07 bits per heavy atom. The van der Waals surface area contributed by atoms with Gasteiger partial charge in [-0.05, 0) is 11.6 Å². The molecule has 1 atom stereocenters. The molecule has 1 aliphatic rings. The Labute approximate surface area is 81.5 Å². The van der Waals surface area contributed by atoms with Crippen LogP contribution in [-0.4, -0.2) is 24.2 Å². The third-order valence-corrected chi connectivity index (χ3v) is 2.37. The largest absolute Gasteiger partial charge is 0.495 e. The van der Waals surface area contributed by atoms with Crippen LogP contribution in [0.15, 0.2) is 18.2 Å². The van der Waals surface area contributed by atoms with E-state index in [-0.39, 0.29) is 0 Å². The molecule has 0 amide bonds. The number of benzene rings is 1. The third kappa shape index (κ3) is 1.28.